The van der Waals surface area contributed by atoms with Crippen molar-refractivity contribution in [1.82, 2.24) is 0 Å². The van der Waals surface area contributed by atoms with Gasteiger partial charge in [0.25, 0.3) is 0 Å². The average Bonchev–Trinajstić information content (AvgIpc) is 2.48. The first-order chi connectivity index (χ1) is 5.97. The Bertz CT molecular complexity index is 210. The molecule has 0 saturated carbocycles. The summed E-state index contributed by atoms with van der Waals surface area (Å²) in [4.78, 5) is 0. The molecular weight excluding hydrogens is 150 g/mol. The number of hydrogen-bond acceptors (Lipinski definition) is 1. The maximum Gasteiger partial charge on any atom is 0.160 e. The lowest BCUT2D eigenvalue weighted by atomic mass is 10.1. The average molecular weight is 166 g/mol. The van der Waals surface area contributed by atoms with Crippen LogP contribution in [0.5, 0.6) is 0 Å². The summed E-state index contributed by atoms with van der Waals surface area (Å²) in [6.45, 7) is 1.26. The van der Waals surface area contributed by atoms with E-state index in [4.69, 9.17) is 4.42 Å². The quantitative estimate of drug-likeness (QED) is 0.672. The van der Waals surface area contributed by atoms with Gasteiger partial charge in [0.1, 0.15) is 6.04 Å². The summed E-state index contributed by atoms with van der Waals surface area (Å²) in [5.74, 6) is 1.15. The highest BCUT2D eigenvalue weighted by Gasteiger charge is 2.18. The Hall–Kier alpha value is -0.760. The topological polar surface area (TPSA) is 29.8 Å². The van der Waals surface area contributed by atoms with Crippen molar-refractivity contribution in [3.05, 3.63) is 24.2 Å². The van der Waals surface area contributed by atoms with Crippen LogP contribution in [0.2, 0.25) is 0 Å². The van der Waals surface area contributed by atoms with Gasteiger partial charge in [0, 0.05) is 6.42 Å². The molecule has 0 amide bonds. The second kappa shape index (κ2) is 3.76. The second-order valence-corrected chi connectivity index (χ2v) is 3.50. The molecule has 0 bridgehead atoms. The van der Waals surface area contributed by atoms with Gasteiger partial charge in [-0.1, -0.05) is 0 Å². The molecule has 1 aliphatic rings. The minimum absolute atomic E-state index is 0.586. The molecule has 2 heterocycles. The van der Waals surface area contributed by atoms with Crippen molar-refractivity contribution >= 4 is 0 Å². The van der Waals surface area contributed by atoms with Crippen molar-refractivity contribution in [3.8, 4) is 0 Å². The Morgan fingerprint density at radius 3 is 3.17 bits per heavy atom. The van der Waals surface area contributed by atoms with Crippen LogP contribution in [-0.4, -0.2) is 6.54 Å². The molecule has 2 nitrogen and oxygen atoms in total. The maximum atomic E-state index is 5.40. The van der Waals surface area contributed by atoms with E-state index >= 15 is 0 Å². The molecule has 1 aromatic rings. The number of furan rings is 1. The standard InChI is InChI=1S/C10H15NO/c1-2-5-9(11-7-3-1)10-6-4-8-12-10/h4,6,8-9,11H,1-3,5,7H2/p+1/t9-/m1/s1. The van der Waals surface area contributed by atoms with Crippen molar-refractivity contribution in [2.24, 2.45) is 0 Å². The third kappa shape index (κ3) is 1.69. The molecule has 1 atom stereocenters. The van der Waals surface area contributed by atoms with Crippen LogP contribution in [0.1, 0.15) is 37.5 Å². The number of quaternary nitrogens is 1. The van der Waals surface area contributed by atoms with Gasteiger partial charge in [0.2, 0.25) is 0 Å². The van der Waals surface area contributed by atoms with Crippen molar-refractivity contribution in [1.29, 1.82) is 0 Å². The Morgan fingerprint density at radius 1 is 1.33 bits per heavy atom. The molecule has 0 spiro atoms. The molecular formula is C10H16NO+. The highest BCUT2D eigenvalue weighted by atomic mass is 16.3. The van der Waals surface area contributed by atoms with Crippen LogP contribution in [-0.2, 0) is 0 Å². The largest absolute Gasteiger partial charge is 0.463 e. The van der Waals surface area contributed by atoms with Gasteiger partial charge in [-0.15, -0.1) is 0 Å². The van der Waals surface area contributed by atoms with E-state index in [-0.39, 0.29) is 0 Å². The van der Waals surface area contributed by atoms with Crippen molar-refractivity contribution in [3.63, 3.8) is 0 Å². The molecule has 2 heteroatoms. The Balaban J connectivity index is 2.02. The summed E-state index contributed by atoms with van der Waals surface area (Å²) in [7, 11) is 0. The third-order valence-electron chi connectivity index (χ3n) is 2.58. The molecule has 0 radical (unpaired) electrons. The van der Waals surface area contributed by atoms with Gasteiger partial charge < -0.3 is 9.73 Å². The molecule has 1 aliphatic heterocycles. The molecule has 2 rings (SSSR count). The van der Waals surface area contributed by atoms with Gasteiger partial charge >= 0.3 is 0 Å². The highest BCUT2D eigenvalue weighted by Crippen LogP contribution is 2.17. The zero-order valence-corrected chi connectivity index (χ0v) is 7.33. The predicted molar refractivity (Wildman–Crippen MR) is 46.7 cm³/mol. The number of nitrogens with two attached hydrogens (primary N) is 1. The van der Waals surface area contributed by atoms with Crippen LogP contribution in [0.15, 0.2) is 22.8 Å². The van der Waals surface area contributed by atoms with E-state index in [2.05, 4.69) is 11.4 Å². The van der Waals surface area contributed by atoms with Crippen LogP contribution < -0.4 is 5.32 Å². The smallest absolute Gasteiger partial charge is 0.160 e. The van der Waals surface area contributed by atoms with E-state index in [1.54, 1.807) is 6.26 Å². The second-order valence-electron chi connectivity index (χ2n) is 3.50. The van der Waals surface area contributed by atoms with Crippen LogP contribution in [0.4, 0.5) is 0 Å². The first-order valence-corrected chi connectivity index (χ1v) is 4.83. The van der Waals surface area contributed by atoms with Gasteiger partial charge in [-0.25, -0.2) is 0 Å². The fraction of sp³-hybridized carbons (Fsp3) is 0.600. The SMILES string of the molecule is c1coc([C@H]2CCCCC[NH2+]2)c1. The summed E-state index contributed by atoms with van der Waals surface area (Å²) in [6.07, 6.45) is 7.13. The molecule has 0 unspecified atom stereocenters. The molecule has 0 aromatic carbocycles. The minimum atomic E-state index is 0.586. The predicted octanol–water partition coefficient (Wildman–Crippen LogP) is 1.46. The van der Waals surface area contributed by atoms with E-state index in [1.807, 2.05) is 6.07 Å². The zero-order chi connectivity index (χ0) is 8.23. The van der Waals surface area contributed by atoms with Crippen LogP contribution >= 0.6 is 0 Å². The van der Waals surface area contributed by atoms with Gasteiger partial charge in [0.05, 0.1) is 12.8 Å². The fourth-order valence-electron chi connectivity index (χ4n) is 1.88. The fourth-order valence-corrected chi connectivity index (χ4v) is 1.88. The summed E-state index contributed by atoms with van der Waals surface area (Å²) >= 11 is 0. The van der Waals surface area contributed by atoms with Gasteiger partial charge in [-0.05, 0) is 31.4 Å². The van der Waals surface area contributed by atoms with E-state index in [0.717, 1.165) is 5.76 Å². The Morgan fingerprint density at radius 2 is 2.33 bits per heavy atom. The lowest BCUT2D eigenvalue weighted by molar-refractivity contribution is -0.696. The normalized spacial score (nSPS) is 25.2. The van der Waals surface area contributed by atoms with Crippen LogP contribution in [0, 0.1) is 0 Å². The van der Waals surface area contributed by atoms with E-state index < -0.39 is 0 Å². The van der Waals surface area contributed by atoms with E-state index in [1.165, 1.54) is 32.2 Å². The first kappa shape index (κ1) is 7.87. The maximum absolute atomic E-state index is 5.40. The Labute approximate surface area is 73.0 Å². The Kier molecular flexibility index (Phi) is 2.47. The number of hydrogen-bond donors (Lipinski definition) is 1. The molecule has 0 aliphatic carbocycles. The third-order valence-corrected chi connectivity index (χ3v) is 2.58. The van der Waals surface area contributed by atoms with Gasteiger partial charge in [0.15, 0.2) is 5.76 Å². The van der Waals surface area contributed by atoms with Crippen LogP contribution in [0.3, 0.4) is 0 Å². The first-order valence-electron chi connectivity index (χ1n) is 4.83. The highest BCUT2D eigenvalue weighted by molar-refractivity contribution is 5.01. The van der Waals surface area contributed by atoms with E-state index in [9.17, 15) is 0 Å². The zero-order valence-electron chi connectivity index (χ0n) is 7.33. The summed E-state index contributed by atoms with van der Waals surface area (Å²) < 4.78 is 5.40. The summed E-state index contributed by atoms with van der Waals surface area (Å²) in [6, 6.07) is 4.66. The molecule has 1 aromatic heterocycles. The van der Waals surface area contributed by atoms with E-state index in [0.29, 0.717) is 6.04 Å². The van der Waals surface area contributed by atoms with Gasteiger partial charge in [-0.2, -0.15) is 0 Å². The number of rotatable bonds is 1. The van der Waals surface area contributed by atoms with Gasteiger partial charge in [-0.3, -0.25) is 0 Å². The van der Waals surface area contributed by atoms with Crippen molar-refractivity contribution < 1.29 is 9.73 Å². The molecule has 2 N–H and O–H groups in total. The lowest BCUT2D eigenvalue weighted by Gasteiger charge is -2.08. The lowest BCUT2D eigenvalue weighted by Crippen LogP contribution is -2.84. The molecule has 12 heavy (non-hydrogen) atoms. The molecule has 66 valence electrons. The molecule has 1 saturated heterocycles. The van der Waals surface area contributed by atoms with Crippen molar-refractivity contribution in [2.75, 3.05) is 6.54 Å². The van der Waals surface area contributed by atoms with Crippen LogP contribution in [0.25, 0.3) is 0 Å². The molecule has 1 fully saturated rings. The monoisotopic (exact) mass is 166 g/mol. The van der Waals surface area contributed by atoms with Crippen molar-refractivity contribution in [2.45, 2.75) is 31.7 Å². The summed E-state index contributed by atoms with van der Waals surface area (Å²) in [5.41, 5.74) is 0. The summed E-state index contributed by atoms with van der Waals surface area (Å²) in [5, 5.41) is 2.41. The minimum Gasteiger partial charge on any atom is -0.463 e.